The second-order valence-corrected chi connectivity index (χ2v) is 9.89. The average Bonchev–Trinajstić information content (AvgIpc) is 2.97. The van der Waals surface area contributed by atoms with Crippen molar-refractivity contribution in [1.82, 2.24) is 0 Å². The van der Waals surface area contributed by atoms with Crippen LogP contribution in [-0.2, 0) is 18.5 Å². The standard InChI is InChI=1S/C24H27BrNO3/c1-26(14-16-3-6-18(25)7-4-16)12-11-24-10-9-19(27)13-21(24)29-23-20(28-2)8-5-17(15-26)22(23)24/h3-10,19,21,27H,11-15H2,1-2H3/q+1/t19?,21-,24?,26?/m1/s1. The summed E-state index contributed by atoms with van der Waals surface area (Å²) >= 11 is 3.54. The molecule has 5 heteroatoms. The molecule has 0 radical (unpaired) electrons. The maximum atomic E-state index is 10.2. The molecule has 2 heterocycles. The summed E-state index contributed by atoms with van der Waals surface area (Å²) in [4.78, 5) is 0. The first kappa shape index (κ1) is 19.2. The molecule has 4 atom stereocenters. The second-order valence-electron chi connectivity index (χ2n) is 8.98. The van der Waals surface area contributed by atoms with Gasteiger partial charge in [0.05, 0.1) is 32.2 Å². The molecule has 2 aromatic carbocycles. The Labute approximate surface area is 180 Å². The average molecular weight is 457 g/mol. The molecule has 5 rings (SSSR count). The number of rotatable bonds is 3. The van der Waals surface area contributed by atoms with E-state index in [0.717, 1.165) is 46.5 Å². The van der Waals surface area contributed by atoms with E-state index in [9.17, 15) is 5.11 Å². The number of methoxy groups -OCH3 is 1. The summed E-state index contributed by atoms with van der Waals surface area (Å²) in [5.74, 6) is 1.68. The van der Waals surface area contributed by atoms with Gasteiger partial charge in [-0.3, -0.25) is 0 Å². The molecule has 0 aromatic heterocycles. The van der Waals surface area contributed by atoms with Gasteiger partial charge in [0, 0.05) is 34.0 Å². The Morgan fingerprint density at radius 1 is 1.24 bits per heavy atom. The summed E-state index contributed by atoms with van der Waals surface area (Å²) in [6.45, 7) is 2.99. The van der Waals surface area contributed by atoms with Crippen molar-refractivity contribution in [2.45, 2.75) is 43.6 Å². The van der Waals surface area contributed by atoms with Crippen molar-refractivity contribution < 1.29 is 19.1 Å². The first-order valence-electron chi connectivity index (χ1n) is 10.2. The van der Waals surface area contributed by atoms with Gasteiger partial charge in [0.15, 0.2) is 11.5 Å². The molecule has 0 saturated heterocycles. The molecular weight excluding hydrogens is 430 g/mol. The number of quaternary nitrogens is 1. The van der Waals surface area contributed by atoms with Gasteiger partial charge in [0.1, 0.15) is 19.2 Å². The lowest BCUT2D eigenvalue weighted by Gasteiger charge is -2.37. The number of halogens is 1. The van der Waals surface area contributed by atoms with E-state index in [2.05, 4.69) is 59.4 Å². The van der Waals surface area contributed by atoms with Crippen LogP contribution in [0.3, 0.4) is 0 Å². The van der Waals surface area contributed by atoms with Crippen LogP contribution >= 0.6 is 15.9 Å². The predicted molar refractivity (Wildman–Crippen MR) is 116 cm³/mol. The van der Waals surface area contributed by atoms with Gasteiger partial charge in [-0.1, -0.05) is 40.2 Å². The monoisotopic (exact) mass is 456 g/mol. The third kappa shape index (κ3) is 3.11. The van der Waals surface area contributed by atoms with Crippen LogP contribution in [-0.4, -0.2) is 42.5 Å². The molecule has 1 spiro atoms. The smallest absolute Gasteiger partial charge is 0.166 e. The van der Waals surface area contributed by atoms with E-state index >= 15 is 0 Å². The molecular formula is C24H27BrNO3+. The van der Waals surface area contributed by atoms with Crippen LogP contribution in [0.1, 0.15) is 29.5 Å². The van der Waals surface area contributed by atoms with Gasteiger partial charge in [-0.25, -0.2) is 0 Å². The minimum Gasteiger partial charge on any atom is -0.493 e. The van der Waals surface area contributed by atoms with Crippen LogP contribution in [0.15, 0.2) is 53.0 Å². The summed E-state index contributed by atoms with van der Waals surface area (Å²) in [6.07, 6.45) is 5.33. The zero-order valence-electron chi connectivity index (χ0n) is 16.9. The number of aliphatic hydroxyl groups is 1. The van der Waals surface area contributed by atoms with Crippen molar-refractivity contribution >= 4 is 15.9 Å². The molecule has 1 aliphatic carbocycles. The molecule has 0 saturated carbocycles. The number of ether oxygens (including phenoxy) is 2. The maximum absolute atomic E-state index is 10.2. The first-order chi connectivity index (χ1) is 13.9. The second kappa shape index (κ2) is 6.86. The van der Waals surface area contributed by atoms with Crippen LogP contribution in [0, 0.1) is 0 Å². The molecule has 4 nitrogen and oxygen atoms in total. The summed E-state index contributed by atoms with van der Waals surface area (Å²) in [5, 5.41) is 10.2. The van der Waals surface area contributed by atoms with Crippen molar-refractivity contribution in [2.75, 3.05) is 20.7 Å². The zero-order chi connectivity index (χ0) is 20.2. The third-order valence-corrected chi connectivity index (χ3v) is 7.42. The van der Waals surface area contributed by atoms with E-state index in [-0.39, 0.29) is 11.5 Å². The Kier molecular flexibility index (Phi) is 4.53. The van der Waals surface area contributed by atoms with Gasteiger partial charge in [-0.2, -0.15) is 0 Å². The Morgan fingerprint density at radius 3 is 2.79 bits per heavy atom. The van der Waals surface area contributed by atoms with E-state index in [1.165, 1.54) is 16.7 Å². The Morgan fingerprint density at radius 2 is 2.03 bits per heavy atom. The predicted octanol–water partition coefficient (Wildman–Crippen LogP) is 4.33. The lowest BCUT2D eigenvalue weighted by Crippen LogP contribution is -2.46. The van der Waals surface area contributed by atoms with Crippen LogP contribution < -0.4 is 9.47 Å². The van der Waals surface area contributed by atoms with Crippen LogP contribution in [0.5, 0.6) is 11.5 Å². The first-order valence-corrected chi connectivity index (χ1v) is 11.0. The van der Waals surface area contributed by atoms with Crippen LogP contribution in [0.4, 0.5) is 0 Å². The summed E-state index contributed by atoms with van der Waals surface area (Å²) in [5.41, 5.74) is 3.79. The van der Waals surface area contributed by atoms with Crippen molar-refractivity contribution in [1.29, 1.82) is 0 Å². The van der Waals surface area contributed by atoms with Gasteiger partial charge < -0.3 is 19.1 Å². The fraction of sp³-hybridized carbons (Fsp3) is 0.417. The van der Waals surface area contributed by atoms with Crippen molar-refractivity contribution in [3.05, 3.63) is 69.7 Å². The quantitative estimate of drug-likeness (QED) is 0.551. The van der Waals surface area contributed by atoms with E-state index in [4.69, 9.17) is 9.47 Å². The van der Waals surface area contributed by atoms with E-state index in [1.54, 1.807) is 7.11 Å². The molecule has 29 heavy (non-hydrogen) atoms. The van der Waals surface area contributed by atoms with Crippen LogP contribution in [0.2, 0.25) is 0 Å². The van der Waals surface area contributed by atoms with Gasteiger partial charge in [-0.05, 0) is 24.3 Å². The normalized spacial score (nSPS) is 32.1. The molecule has 152 valence electrons. The maximum Gasteiger partial charge on any atom is 0.166 e. The summed E-state index contributed by atoms with van der Waals surface area (Å²) in [6, 6.07) is 12.9. The SMILES string of the molecule is COc1ccc2c3c1O[C@@H]1CC(O)C=CC31CC[N+](C)(Cc1ccc(Br)cc1)C2. The molecule has 3 unspecified atom stereocenters. The van der Waals surface area contributed by atoms with E-state index < -0.39 is 6.10 Å². The van der Waals surface area contributed by atoms with Crippen molar-refractivity contribution in [2.24, 2.45) is 0 Å². The molecule has 1 N–H and O–H groups in total. The lowest BCUT2D eigenvalue weighted by atomic mass is 9.69. The van der Waals surface area contributed by atoms with Crippen molar-refractivity contribution in [3.63, 3.8) is 0 Å². The molecule has 0 amide bonds. The lowest BCUT2D eigenvalue weighted by molar-refractivity contribution is -0.935. The van der Waals surface area contributed by atoms with E-state index in [1.807, 2.05) is 12.1 Å². The van der Waals surface area contributed by atoms with E-state index in [0.29, 0.717) is 6.42 Å². The fourth-order valence-electron chi connectivity index (χ4n) is 5.44. The minimum atomic E-state index is -0.443. The third-order valence-electron chi connectivity index (χ3n) is 6.89. The van der Waals surface area contributed by atoms with Gasteiger partial charge in [-0.15, -0.1) is 0 Å². The van der Waals surface area contributed by atoms with Crippen LogP contribution in [0.25, 0.3) is 0 Å². The van der Waals surface area contributed by atoms with Gasteiger partial charge >= 0.3 is 0 Å². The molecule has 0 bridgehead atoms. The number of hydrogen-bond acceptors (Lipinski definition) is 3. The number of aliphatic hydroxyl groups excluding tert-OH is 1. The molecule has 0 fully saturated rings. The summed E-state index contributed by atoms with van der Waals surface area (Å²) < 4.78 is 14.1. The number of nitrogens with zero attached hydrogens (tertiary/aromatic N) is 1. The minimum absolute atomic E-state index is 0.0354. The number of hydrogen-bond donors (Lipinski definition) is 1. The Balaban J connectivity index is 1.59. The Bertz CT molecular complexity index is 973. The fourth-order valence-corrected chi connectivity index (χ4v) is 5.71. The molecule has 3 aliphatic rings. The van der Waals surface area contributed by atoms with Gasteiger partial charge in [0.25, 0.3) is 0 Å². The summed E-state index contributed by atoms with van der Waals surface area (Å²) in [7, 11) is 4.05. The van der Waals surface area contributed by atoms with Gasteiger partial charge in [0.2, 0.25) is 0 Å². The highest BCUT2D eigenvalue weighted by Gasteiger charge is 2.54. The number of benzene rings is 2. The Hall–Kier alpha value is -1.82. The highest BCUT2D eigenvalue weighted by Crippen LogP contribution is 2.56. The highest BCUT2D eigenvalue weighted by atomic mass is 79.9. The molecule has 2 aliphatic heterocycles. The van der Waals surface area contributed by atoms with Crippen molar-refractivity contribution in [3.8, 4) is 11.5 Å². The zero-order valence-corrected chi connectivity index (χ0v) is 18.5. The highest BCUT2D eigenvalue weighted by molar-refractivity contribution is 9.10. The topological polar surface area (TPSA) is 38.7 Å². The molecule has 2 aromatic rings. The largest absolute Gasteiger partial charge is 0.493 e.